The first-order valence-corrected chi connectivity index (χ1v) is 11.5. The first kappa shape index (κ1) is 22.9. The third kappa shape index (κ3) is 5.29. The molecule has 35 heavy (non-hydrogen) atoms. The van der Waals surface area contributed by atoms with E-state index in [1.54, 1.807) is 42.6 Å². The van der Waals surface area contributed by atoms with E-state index in [1.165, 1.54) is 28.4 Å². The van der Waals surface area contributed by atoms with Crippen LogP contribution >= 0.6 is 11.8 Å². The number of alkyl halides is 3. The Balaban J connectivity index is 1.34. The molecule has 2 N–H and O–H groups in total. The summed E-state index contributed by atoms with van der Waals surface area (Å²) in [5.74, 6) is -0.125. The number of imidazole rings is 1. The number of fused-ring (bicyclic) bond motifs is 1. The standard InChI is InChI=1S/C24H18F3N5O2S/c25-24(26,27)15-4-3-5-16(12-15)28-23(34)17-6-1-2-7-18(17)35-21-11-10-20-29-19(13-32(20)31-21)30-22(33)14-8-9-14/h1-7,10-14H,8-9H2,(H,28,34)(H,30,33). The number of benzene rings is 2. The van der Waals surface area contributed by atoms with E-state index in [0.717, 1.165) is 25.0 Å². The Morgan fingerprint density at radius 1 is 1.00 bits per heavy atom. The van der Waals surface area contributed by atoms with Crippen molar-refractivity contribution < 1.29 is 22.8 Å². The summed E-state index contributed by atoms with van der Waals surface area (Å²) in [6, 6.07) is 14.7. The zero-order valence-corrected chi connectivity index (χ0v) is 18.9. The van der Waals surface area contributed by atoms with Crippen molar-refractivity contribution >= 4 is 40.7 Å². The maximum absolute atomic E-state index is 13.0. The van der Waals surface area contributed by atoms with E-state index in [0.29, 0.717) is 26.9 Å². The third-order valence-electron chi connectivity index (χ3n) is 5.29. The van der Waals surface area contributed by atoms with Gasteiger partial charge in [-0.25, -0.2) is 9.50 Å². The second-order valence-corrected chi connectivity index (χ2v) is 9.06. The maximum Gasteiger partial charge on any atom is 0.416 e. The molecule has 11 heteroatoms. The third-order valence-corrected chi connectivity index (χ3v) is 6.29. The van der Waals surface area contributed by atoms with Crippen molar-refractivity contribution in [2.45, 2.75) is 28.9 Å². The van der Waals surface area contributed by atoms with Crippen molar-refractivity contribution in [3.8, 4) is 0 Å². The van der Waals surface area contributed by atoms with Crippen molar-refractivity contribution in [2.24, 2.45) is 5.92 Å². The van der Waals surface area contributed by atoms with Gasteiger partial charge in [0.15, 0.2) is 11.5 Å². The molecule has 7 nitrogen and oxygen atoms in total. The van der Waals surface area contributed by atoms with Gasteiger partial charge in [0.05, 0.1) is 17.3 Å². The van der Waals surface area contributed by atoms with E-state index in [2.05, 4.69) is 20.7 Å². The number of aromatic nitrogens is 3. The van der Waals surface area contributed by atoms with Crippen molar-refractivity contribution in [1.82, 2.24) is 14.6 Å². The van der Waals surface area contributed by atoms with Gasteiger partial charge < -0.3 is 10.6 Å². The number of halogens is 3. The summed E-state index contributed by atoms with van der Waals surface area (Å²) in [5.41, 5.74) is 0.0442. The SMILES string of the molecule is O=C(Nc1cccc(C(F)(F)F)c1)c1ccccc1Sc1ccc2nc(NC(=O)C3CC3)cn2n1. The van der Waals surface area contributed by atoms with E-state index in [4.69, 9.17) is 0 Å². The molecule has 178 valence electrons. The molecule has 0 bridgehead atoms. The summed E-state index contributed by atoms with van der Waals surface area (Å²) in [6.45, 7) is 0. The van der Waals surface area contributed by atoms with Crippen LogP contribution in [0, 0.1) is 5.92 Å². The Hall–Kier alpha value is -3.86. The molecule has 2 amide bonds. The Morgan fingerprint density at radius 3 is 2.57 bits per heavy atom. The quantitative estimate of drug-likeness (QED) is 0.367. The number of nitrogens with one attached hydrogen (secondary N) is 2. The molecule has 0 spiro atoms. The summed E-state index contributed by atoms with van der Waals surface area (Å²) >= 11 is 1.23. The Morgan fingerprint density at radius 2 is 1.80 bits per heavy atom. The van der Waals surface area contributed by atoms with Crippen LogP contribution in [-0.2, 0) is 11.0 Å². The van der Waals surface area contributed by atoms with Crippen LogP contribution in [-0.4, -0.2) is 26.4 Å². The lowest BCUT2D eigenvalue weighted by atomic mass is 10.1. The van der Waals surface area contributed by atoms with Crippen LogP contribution in [0.2, 0.25) is 0 Å². The topological polar surface area (TPSA) is 88.4 Å². The lowest BCUT2D eigenvalue weighted by molar-refractivity contribution is -0.137. The number of amides is 2. The van der Waals surface area contributed by atoms with Crippen LogP contribution in [0.4, 0.5) is 24.7 Å². The number of hydrogen-bond donors (Lipinski definition) is 2. The molecule has 0 aliphatic heterocycles. The molecule has 0 saturated heterocycles. The van der Waals surface area contributed by atoms with Gasteiger partial charge in [0.25, 0.3) is 5.91 Å². The minimum atomic E-state index is -4.51. The van der Waals surface area contributed by atoms with Gasteiger partial charge in [0.1, 0.15) is 5.03 Å². The maximum atomic E-state index is 13.0. The predicted octanol–water partition coefficient (Wildman–Crippen LogP) is 5.50. The summed E-state index contributed by atoms with van der Waals surface area (Å²) in [4.78, 5) is 29.8. The lowest BCUT2D eigenvalue weighted by Gasteiger charge is -2.12. The fraction of sp³-hybridized carbons (Fsp3) is 0.167. The van der Waals surface area contributed by atoms with E-state index in [9.17, 15) is 22.8 Å². The normalized spacial score (nSPS) is 13.6. The molecule has 1 aliphatic rings. The Labute approximate surface area is 201 Å². The van der Waals surface area contributed by atoms with Crippen LogP contribution in [0.25, 0.3) is 5.65 Å². The number of anilines is 2. The molecule has 0 unspecified atom stereocenters. The zero-order valence-electron chi connectivity index (χ0n) is 18.0. The van der Waals surface area contributed by atoms with Crippen LogP contribution in [0.5, 0.6) is 0 Å². The summed E-state index contributed by atoms with van der Waals surface area (Å²) in [6.07, 6.45) is -1.11. The first-order valence-electron chi connectivity index (χ1n) is 10.7. The molecule has 0 atom stereocenters. The highest BCUT2D eigenvalue weighted by Crippen LogP contribution is 2.33. The molecular weight excluding hydrogens is 479 g/mol. The monoisotopic (exact) mass is 497 g/mol. The van der Waals surface area contributed by atoms with Crippen LogP contribution in [0.1, 0.15) is 28.8 Å². The van der Waals surface area contributed by atoms with Gasteiger partial charge in [-0.3, -0.25) is 9.59 Å². The fourth-order valence-electron chi connectivity index (χ4n) is 3.38. The molecule has 2 aromatic heterocycles. The highest BCUT2D eigenvalue weighted by atomic mass is 32.2. The minimum absolute atomic E-state index is 0.0448. The van der Waals surface area contributed by atoms with Gasteiger partial charge >= 0.3 is 6.18 Å². The van der Waals surface area contributed by atoms with Crippen molar-refractivity contribution in [3.63, 3.8) is 0 Å². The highest BCUT2D eigenvalue weighted by molar-refractivity contribution is 7.99. The summed E-state index contributed by atoms with van der Waals surface area (Å²) in [7, 11) is 0. The minimum Gasteiger partial charge on any atom is -0.322 e. The lowest BCUT2D eigenvalue weighted by Crippen LogP contribution is -2.14. The Bertz CT molecular complexity index is 1430. The number of carbonyl (C=O) groups is 2. The van der Waals surface area contributed by atoms with Crippen molar-refractivity contribution in [2.75, 3.05) is 10.6 Å². The van der Waals surface area contributed by atoms with E-state index < -0.39 is 17.6 Å². The van der Waals surface area contributed by atoms with Crippen molar-refractivity contribution in [1.29, 1.82) is 0 Å². The number of hydrogen-bond acceptors (Lipinski definition) is 5. The van der Waals surface area contributed by atoms with Crippen LogP contribution < -0.4 is 10.6 Å². The van der Waals surface area contributed by atoms with Gasteiger partial charge in [0.2, 0.25) is 5.91 Å². The molecule has 1 aliphatic carbocycles. The first-order chi connectivity index (χ1) is 16.8. The molecule has 1 saturated carbocycles. The Kier molecular flexibility index (Phi) is 5.93. The molecule has 1 fully saturated rings. The average Bonchev–Trinajstić information content (AvgIpc) is 3.60. The van der Waals surface area contributed by atoms with Gasteiger partial charge in [-0.2, -0.15) is 18.3 Å². The van der Waals surface area contributed by atoms with Gasteiger partial charge in [0, 0.05) is 16.5 Å². The number of rotatable bonds is 6. The number of nitrogens with zero attached hydrogens (tertiary/aromatic N) is 3. The summed E-state index contributed by atoms with van der Waals surface area (Å²) < 4.78 is 40.5. The van der Waals surface area contributed by atoms with E-state index in [1.807, 2.05) is 0 Å². The zero-order chi connectivity index (χ0) is 24.6. The van der Waals surface area contributed by atoms with E-state index in [-0.39, 0.29) is 17.5 Å². The second kappa shape index (κ2) is 9.06. The predicted molar refractivity (Wildman–Crippen MR) is 124 cm³/mol. The second-order valence-electron chi connectivity index (χ2n) is 7.99. The van der Waals surface area contributed by atoms with Gasteiger partial charge in [-0.15, -0.1) is 0 Å². The average molecular weight is 498 g/mol. The molecule has 2 aromatic carbocycles. The van der Waals surface area contributed by atoms with Crippen LogP contribution in [0.15, 0.2) is 76.8 Å². The molecule has 0 radical (unpaired) electrons. The number of carbonyl (C=O) groups excluding carboxylic acids is 2. The summed E-state index contributed by atoms with van der Waals surface area (Å²) in [5, 5.41) is 10.4. The molecular formula is C24H18F3N5O2S. The molecule has 4 aromatic rings. The van der Waals surface area contributed by atoms with E-state index >= 15 is 0 Å². The fourth-order valence-corrected chi connectivity index (χ4v) is 4.29. The van der Waals surface area contributed by atoms with Crippen molar-refractivity contribution in [3.05, 3.63) is 78.0 Å². The molecule has 2 heterocycles. The smallest absolute Gasteiger partial charge is 0.322 e. The highest BCUT2D eigenvalue weighted by Gasteiger charge is 2.31. The van der Waals surface area contributed by atoms with Gasteiger partial charge in [-0.1, -0.05) is 30.0 Å². The van der Waals surface area contributed by atoms with Gasteiger partial charge in [-0.05, 0) is 55.3 Å². The largest absolute Gasteiger partial charge is 0.416 e. The molecule has 5 rings (SSSR count). The van der Waals surface area contributed by atoms with Crippen LogP contribution in [0.3, 0.4) is 0 Å².